The SMILES string of the molecule is CC(C)C(=O)N1CCN(c2ccc(Cl)cc2NC=C(C#N)c2nn[nH]n2)CC1. The fourth-order valence-electron chi connectivity index (χ4n) is 3.01. The van der Waals surface area contributed by atoms with Crippen LogP contribution in [0, 0.1) is 17.2 Å². The molecule has 1 amide bonds. The maximum absolute atomic E-state index is 12.2. The molecule has 10 heteroatoms. The molecule has 9 nitrogen and oxygen atoms in total. The molecule has 146 valence electrons. The molecular formula is C18H21ClN8O. The van der Waals surface area contributed by atoms with Gasteiger partial charge in [-0.2, -0.15) is 10.5 Å². The molecule has 1 aliphatic heterocycles. The summed E-state index contributed by atoms with van der Waals surface area (Å²) in [6.45, 7) is 6.60. The number of aromatic nitrogens is 4. The van der Waals surface area contributed by atoms with Crippen molar-refractivity contribution in [3.63, 3.8) is 0 Å². The quantitative estimate of drug-likeness (QED) is 0.739. The largest absolute Gasteiger partial charge is 0.366 e. The lowest BCUT2D eigenvalue weighted by molar-refractivity contribution is -0.134. The summed E-state index contributed by atoms with van der Waals surface area (Å²) in [5, 5.41) is 26.5. The summed E-state index contributed by atoms with van der Waals surface area (Å²) in [6.07, 6.45) is 1.53. The number of carbonyl (C=O) groups is 1. The molecule has 1 aromatic heterocycles. The number of piperazine rings is 1. The normalized spacial score (nSPS) is 14.9. The molecule has 2 N–H and O–H groups in total. The number of hydrogen-bond donors (Lipinski definition) is 2. The van der Waals surface area contributed by atoms with Gasteiger partial charge in [0.15, 0.2) is 0 Å². The number of nitrogens with zero attached hydrogens (tertiary/aromatic N) is 6. The summed E-state index contributed by atoms with van der Waals surface area (Å²) in [5.74, 6) is 0.384. The lowest BCUT2D eigenvalue weighted by atomic mass is 10.1. The van der Waals surface area contributed by atoms with Crippen molar-refractivity contribution in [2.75, 3.05) is 36.4 Å². The number of carbonyl (C=O) groups excluding carboxylic acids is 1. The Bertz CT molecular complexity index is 895. The highest BCUT2D eigenvalue weighted by Crippen LogP contribution is 2.30. The second-order valence-electron chi connectivity index (χ2n) is 6.68. The Morgan fingerprint density at radius 2 is 2.11 bits per heavy atom. The molecular weight excluding hydrogens is 380 g/mol. The van der Waals surface area contributed by atoms with Gasteiger partial charge in [-0.25, -0.2) is 0 Å². The topological polar surface area (TPSA) is 114 Å². The second-order valence-corrected chi connectivity index (χ2v) is 7.11. The zero-order valence-electron chi connectivity index (χ0n) is 15.7. The molecule has 3 rings (SSSR count). The Morgan fingerprint density at radius 1 is 1.36 bits per heavy atom. The van der Waals surface area contributed by atoms with Crippen molar-refractivity contribution in [1.82, 2.24) is 25.5 Å². The molecule has 1 aromatic carbocycles. The molecule has 1 saturated heterocycles. The van der Waals surface area contributed by atoms with Crippen molar-refractivity contribution in [3.8, 4) is 6.07 Å². The van der Waals surface area contributed by atoms with Crippen LogP contribution < -0.4 is 10.2 Å². The summed E-state index contributed by atoms with van der Waals surface area (Å²) in [5.41, 5.74) is 1.95. The van der Waals surface area contributed by atoms with E-state index >= 15 is 0 Å². The number of halogens is 1. The van der Waals surface area contributed by atoms with Crippen LogP contribution in [0.15, 0.2) is 24.4 Å². The Morgan fingerprint density at radius 3 is 2.71 bits per heavy atom. The first-order chi connectivity index (χ1) is 13.5. The van der Waals surface area contributed by atoms with Crippen LogP contribution in [0.4, 0.5) is 11.4 Å². The highest BCUT2D eigenvalue weighted by Gasteiger charge is 2.24. The minimum Gasteiger partial charge on any atom is -0.366 e. The van der Waals surface area contributed by atoms with E-state index in [2.05, 4.69) is 30.8 Å². The fraction of sp³-hybridized carbons (Fsp3) is 0.389. The Hall–Kier alpha value is -3.12. The van der Waals surface area contributed by atoms with Crippen LogP contribution in [-0.4, -0.2) is 57.6 Å². The number of nitriles is 1. The van der Waals surface area contributed by atoms with Gasteiger partial charge in [0.1, 0.15) is 11.6 Å². The molecule has 2 heterocycles. The van der Waals surface area contributed by atoms with Crippen LogP contribution >= 0.6 is 11.6 Å². The Kier molecular flexibility index (Phi) is 6.11. The maximum Gasteiger partial charge on any atom is 0.225 e. The van der Waals surface area contributed by atoms with Crippen molar-refractivity contribution < 1.29 is 4.79 Å². The van der Waals surface area contributed by atoms with E-state index in [0.717, 1.165) is 11.4 Å². The monoisotopic (exact) mass is 400 g/mol. The van der Waals surface area contributed by atoms with Crippen LogP contribution in [-0.2, 0) is 4.79 Å². The zero-order valence-corrected chi connectivity index (χ0v) is 16.4. The first-order valence-electron chi connectivity index (χ1n) is 8.93. The van der Waals surface area contributed by atoms with E-state index in [-0.39, 0.29) is 23.2 Å². The summed E-state index contributed by atoms with van der Waals surface area (Å²) in [6, 6.07) is 7.59. The van der Waals surface area contributed by atoms with Gasteiger partial charge >= 0.3 is 0 Å². The van der Waals surface area contributed by atoms with Gasteiger partial charge in [0, 0.05) is 43.3 Å². The van der Waals surface area contributed by atoms with E-state index in [4.69, 9.17) is 11.6 Å². The van der Waals surface area contributed by atoms with Crippen molar-refractivity contribution in [2.45, 2.75) is 13.8 Å². The van der Waals surface area contributed by atoms with Crippen molar-refractivity contribution in [1.29, 1.82) is 5.26 Å². The number of tetrazole rings is 1. The standard InChI is InChI=1S/C18H21ClN8O/c1-12(2)18(28)27-7-5-26(6-8-27)16-4-3-14(19)9-15(16)21-11-13(10-20)17-22-24-25-23-17/h3-4,9,11-12,21H,5-8H2,1-2H3,(H,22,23,24,25). The minimum atomic E-state index is -0.000936. The van der Waals surface area contributed by atoms with Crippen molar-refractivity contribution in [3.05, 3.63) is 35.2 Å². The average Bonchev–Trinajstić information content (AvgIpc) is 3.23. The molecule has 0 aliphatic carbocycles. The molecule has 0 radical (unpaired) electrons. The van der Waals surface area contributed by atoms with E-state index in [1.54, 1.807) is 6.07 Å². The number of anilines is 2. The number of H-pyrrole nitrogens is 1. The molecule has 0 saturated carbocycles. The van der Waals surface area contributed by atoms with Gasteiger partial charge in [0.2, 0.25) is 11.7 Å². The van der Waals surface area contributed by atoms with Crippen LogP contribution in [0.2, 0.25) is 5.02 Å². The van der Waals surface area contributed by atoms with Crippen LogP contribution in [0.3, 0.4) is 0 Å². The predicted molar refractivity (Wildman–Crippen MR) is 106 cm³/mol. The van der Waals surface area contributed by atoms with E-state index in [0.29, 0.717) is 31.2 Å². The number of hydrogen-bond acceptors (Lipinski definition) is 7. The number of benzene rings is 1. The van der Waals surface area contributed by atoms with Gasteiger partial charge in [-0.05, 0) is 23.4 Å². The van der Waals surface area contributed by atoms with Gasteiger partial charge < -0.3 is 15.1 Å². The van der Waals surface area contributed by atoms with E-state index in [9.17, 15) is 10.1 Å². The summed E-state index contributed by atoms with van der Waals surface area (Å²) in [4.78, 5) is 16.3. The average molecular weight is 401 g/mol. The van der Waals surface area contributed by atoms with Gasteiger partial charge in [0.25, 0.3) is 0 Å². The van der Waals surface area contributed by atoms with Crippen LogP contribution in [0.1, 0.15) is 19.7 Å². The summed E-state index contributed by atoms with van der Waals surface area (Å²) >= 11 is 6.17. The third-order valence-electron chi connectivity index (χ3n) is 4.46. The first kappa shape index (κ1) is 19.6. The molecule has 0 atom stereocenters. The van der Waals surface area contributed by atoms with Gasteiger partial charge in [-0.1, -0.05) is 25.4 Å². The summed E-state index contributed by atoms with van der Waals surface area (Å²) in [7, 11) is 0. The molecule has 0 spiro atoms. The third-order valence-corrected chi connectivity index (χ3v) is 4.70. The van der Waals surface area contributed by atoms with E-state index < -0.39 is 0 Å². The number of aromatic amines is 1. The van der Waals surface area contributed by atoms with E-state index in [1.165, 1.54) is 6.20 Å². The zero-order chi connectivity index (χ0) is 20.1. The van der Waals surface area contributed by atoms with Crippen LogP contribution in [0.25, 0.3) is 5.57 Å². The lowest BCUT2D eigenvalue weighted by Gasteiger charge is -2.37. The summed E-state index contributed by atoms with van der Waals surface area (Å²) < 4.78 is 0. The molecule has 1 fully saturated rings. The van der Waals surface area contributed by atoms with Gasteiger partial charge in [-0.15, -0.1) is 10.2 Å². The number of amides is 1. The molecule has 28 heavy (non-hydrogen) atoms. The van der Waals surface area contributed by atoms with Crippen molar-refractivity contribution in [2.24, 2.45) is 5.92 Å². The maximum atomic E-state index is 12.2. The van der Waals surface area contributed by atoms with Gasteiger partial charge in [-0.3, -0.25) is 4.79 Å². The second kappa shape index (κ2) is 8.71. The number of nitrogens with one attached hydrogen (secondary N) is 2. The van der Waals surface area contributed by atoms with Crippen LogP contribution in [0.5, 0.6) is 0 Å². The predicted octanol–water partition coefficient (Wildman–Crippen LogP) is 2.13. The molecule has 1 aliphatic rings. The van der Waals surface area contributed by atoms with E-state index in [1.807, 2.05) is 36.9 Å². The Labute approximate surface area is 168 Å². The molecule has 2 aromatic rings. The highest BCUT2D eigenvalue weighted by atomic mass is 35.5. The van der Waals surface area contributed by atoms with Crippen molar-refractivity contribution >= 4 is 34.5 Å². The minimum absolute atomic E-state index is 0.000936. The number of rotatable bonds is 5. The fourth-order valence-corrected chi connectivity index (χ4v) is 3.18. The Balaban J connectivity index is 1.77. The highest BCUT2D eigenvalue weighted by molar-refractivity contribution is 6.31. The number of allylic oxidation sites excluding steroid dienone is 1. The molecule has 0 bridgehead atoms. The van der Waals surface area contributed by atoms with Gasteiger partial charge in [0.05, 0.1) is 11.4 Å². The smallest absolute Gasteiger partial charge is 0.225 e. The first-order valence-corrected chi connectivity index (χ1v) is 9.31. The third kappa shape index (κ3) is 4.40. The lowest BCUT2D eigenvalue weighted by Crippen LogP contribution is -2.50. The molecule has 0 unspecified atom stereocenters.